The molecule has 5 nitrogen and oxygen atoms in total. The molecule has 0 aliphatic carbocycles. The van der Waals surface area contributed by atoms with Gasteiger partial charge in [0.1, 0.15) is 5.69 Å². The Morgan fingerprint density at radius 1 is 1.50 bits per heavy atom. The zero-order valence-corrected chi connectivity index (χ0v) is 9.67. The van der Waals surface area contributed by atoms with Crippen molar-refractivity contribution in [3.8, 4) is 0 Å². The van der Waals surface area contributed by atoms with Gasteiger partial charge >= 0.3 is 58.5 Å². The summed E-state index contributed by atoms with van der Waals surface area (Å²) in [5.41, 5.74) is 0.0810. The first kappa shape index (κ1) is 14.7. The number of nitrogens with zero attached hydrogens (tertiary/aromatic N) is 2. The molecular formula is C10H13LiN2O3. The summed E-state index contributed by atoms with van der Waals surface area (Å²) in [6.45, 7) is 2.75. The number of carboxylic acids is 1. The van der Waals surface area contributed by atoms with Gasteiger partial charge in [0, 0.05) is 6.20 Å². The molecule has 0 aliphatic heterocycles. The van der Waals surface area contributed by atoms with Crippen LogP contribution in [0.2, 0.25) is 0 Å². The van der Waals surface area contributed by atoms with Gasteiger partial charge in [-0.15, -0.1) is 0 Å². The molecule has 0 spiro atoms. The van der Waals surface area contributed by atoms with Gasteiger partial charge in [-0.1, -0.05) is 6.07 Å². The van der Waals surface area contributed by atoms with Gasteiger partial charge in [-0.05, 0) is 12.1 Å². The van der Waals surface area contributed by atoms with Crippen molar-refractivity contribution in [3.63, 3.8) is 0 Å². The fourth-order valence-corrected chi connectivity index (χ4v) is 0.712. The van der Waals surface area contributed by atoms with E-state index < -0.39 is 5.97 Å². The number of carbonyl (C=O) groups is 2. The first-order valence-electron chi connectivity index (χ1n) is 4.85. The first-order valence-corrected chi connectivity index (χ1v) is 4.85. The third-order valence-corrected chi connectivity index (χ3v) is 1.90. The zero-order chi connectivity index (χ0) is 12.6. The van der Waals surface area contributed by atoms with Crippen molar-refractivity contribution in [2.45, 2.75) is 6.92 Å². The van der Waals surface area contributed by atoms with Crippen molar-refractivity contribution >= 4 is 28.3 Å². The van der Waals surface area contributed by atoms with E-state index >= 15 is 0 Å². The summed E-state index contributed by atoms with van der Waals surface area (Å²) in [5.74, 6) is -0.990. The van der Waals surface area contributed by atoms with Crippen molar-refractivity contribution in [2.24, 2.45) is 0 Å². The predicted octanol–water partition coefficient (Wildman–Crippen LogP) is 1.01. The van der Waals surface area contributed by atoms with Crippen LogP contribution in [0.1, 0.15) is 17.4 Å². The molecule has 1 amide bonds. The van der Waals surface area contributed by atoms with Crippen LogP contribution in [0.3, 0.4) is 0 Å². The number of aromatic nitrogens is 1. The molecule has 6 heteroatoms. The first-order chi connectivity index (χ1) is 7.49. The second-order valence-corrected chi connectivity index (χ2v) is 3.05. The third-order valence-electron chi connectivity index (χ3n) is 1.90. The predicted molar refractivity (Wildman–Crippen MR) is 60.7 cm³/mol. The summed E-state index contributed by atoms with van der Waals surface area (Å²) in [6.07, 6.45) is 1.45. The number of carbonyl (C=O) groups excluding carboxylic acids is 1. The van der Waals surface area contributed by atoms with Crippen LogP contribution in [-0.4, -0.2) is 56.8 Å². The average molecular weight is 216 g/mol. The number of hydrogen-bond acceptors (Lipinski definition) is 3. The van der Waals surface area contributed by atoms with Crippen LogP contribution in [0.25, 0.3) is 0 Å². The Morgan fingerprint density at radius 2 is 2.12 bits per heavy atom. The van der Waals surface area contributed by atoms with Crippen LogP contribution in [0.15, 0.2) is 24.4 Å². The van der Waals surface area contributed by atoms with E-state index in [4.69, 9.17) is 5.11 Å². The monoisotopic (exact) mass is 216 g/mol. The quantitative estimate of drug-likeness (QED) is 0.749. The molecular weight excluding hydrogens is 203 g/mol. The van der Waals surface area contributed by atoms with Gasteiger partial charge in [0.15, 0.2) is 0 Å². The molecule has 0 unspecified atom stereocenters. The van der Waals surface area contributed by atoms with Crippen molar-refractivity contribution in [3.05, 3.63) is 30.1 Å². The second-order valence-electron chi connectivity index (χ2n) is 3.05. The van der Waals surface area contributed by atoms with E-state index in [-0.39, 0.29) is 10.3 Å². The molecule has 0 aliphatic rings. The Bertz CT molecular complexity index is 343. The molecule has 0 atom stereocenters. The molecule has 1 rings (SSSR count). The van der Waals surface area contributed by atoms with Gasteiger partial charge in [-0.25, -0.2) is 9.78 Å². The van der Waals surface area contributed by atoms with E-state index in [1.54, 1.807) is 41.8 Å². The fraction of sp³-hybridized carbons (Fsp3) is 0.300. The Morgan fingerprint density at radius 3 is 2.31 bits per heavy atom. The van der Waals surface area contributed by atoms with Gasteiger partial charge in [-0.3, -0.25) is 0 Å². The molecule has 0 fully saturated rings. The van der Waals surface area contributed by atoms with Crippen LogP contribution in [0, 0.1) is 0 Å². The minimum absolute atomic E-state index is 0.0810. The van der Waals surface area contributed by atoms with Gasteiger partial charge in [0.2, 0.25) is 0 Å². The number of hydrogen-bond donors (Lipinski definition) is 1. The summed E-state index contributed by atoms with van der Waals surface area (Å²) in [6, 6.07) is 4.76. The number of amides is 1. The van der Waals surface area contributed by atoms with Crippen molar-refractivity contribution in [1.29, 1.82) is 0 Å². The average Bonchev–Trinajstić information content (AvgIpc) is 2.29. The van der Waals surface area contributed by atoms with E-state index in [1.807, 2.05) is 6.92 Å². The molecule has 0 saturated carbocycles. The molecule has 0 radical (unpaired) electrons. The zero-order valence-electron chi connectivity index (χ0n) is 9.67. The molecule has 0 saturated heterocycles. The number of carboxylic acid groups (broad SMARTS) is 1. The number of rotatable bonds is 2. The Hall–Kier alpha value is -1.31. The fourth-order valence-electron chi connectivity index (χ4n) is 0.712. The van der Waals surface area contributed by atoms with E-state index in [0.29, 0.717) is 0 Å². The Kier molecular flexibility index (Phi) is 7.26. The van der Waals surface area contributed by atoms with Crippen molar-refractivity contribution < 1.29 is 14.7 Å². The molecule has 0 aromatic carbocycles. The Labute approximate surface area is 104 Å². The van der Waals surface area contributed by atoms with Gasteiger partial charge in [0.05, 0.1) is 0 Å². The van der Waals surface area contributed by atoms with Gasteiger partial charge < -0.3 is 5.11 Å². The normalized spacial score (nSPS) is 8.75. The summed E-state index contributed by atoms with van der Waals surface area (Å²) in [5, 5.41) is 8.32. The van der Waals surface area contributed by atoms with Crippen molar-refractivity contribution in [1.82, 2.24) is 9.88 Å². The van der Waals surface area contributed by atoms with Crippen LogP contribution in [0.5, 0.6) is 0 Å². The van der Waals surface area contributed by atoms with Crippen molar-refractivity contribution in [2.75, 3.05) is 13.6 Å². The summed E-state index contributed by atoms with van der Waals surface area (Å²) in [4.78, 5) is 25.7. The second kappa shape index (κ2) is 7.91. The molecule has 1 aromatic rings. The molecule has 82 valence electrons. The molecule has 1 N–H and O–H groups in total. The number of aromatic carboxylic acids is 1. The van der Waals surface area contributed by atoms with Crippen LogP contribution >= 0.6 is 0 Å². The minimum atomic E-state index is -0.990. The summed E-state index contributed by atoms with van der Waals surface area (Å²) in [7, 11) is 1.78. The number of pyridine rings is 1. The van der Waals surface area contributed by atoms with E-state index in [0.717, 1.165) is 6.54 Å². The SMILES string of the molecule is O=C(O)c1ccccn1.[Li][C](=O)N(C)CC. The van der Waals surface area contributed by atoms with Crippen LogP contribution in [-0.2, 0) is 0 Å². The van der Waals surface area contributed by atoms with E-state index in [2.05, 4.69) is 4.98 Å². The maximum atomic E-state index is 10.3. The molecule has 1 aromatic heterocycles. The Balaban J connectivity index is 0.000000293. The molecule has 0 bridgehead atoms. The third kappa shape index (κ3) is 6.22. The van der Waals surface area contributed by atoms with Crippen LogP contribution < -0.4 is 0 Å². The standard InChI is InChI=1S/C6H5NO2.C4H8NO.Li/c8-6(9)5-3-1-2-4-7-5;1-3-5(2)4-6;/h1-4H,(H,8,9);3H2,1-2H3;. The molecule has 1 heterocycles. The van der Waals surface area contributed by atoms with Gasteiger partial charge in [0.25, 0.3) is 0 Å². The summed E-state index contributed by atoms with van der Waals surface area (Å²) < 4.78 is 0.127. The van der Waals surface area contributed by atoms with E-state index in [1.165, 1.54) is 12.3 Å². The van der Waals surface area contributed by atoms with Gasteiger partial charge in [-0.2, -0.15) is 0 Å². The maximum absolute atomic E-state index is 10.3. The molecule has 16 heavy (non-hydrogen) atoms. The summed E-state index contributed by atoms with van der Waals surface area (Å²) >= 11 is 1.56. The van der Waals surface area contributed by atoms with Crippen LogP contribution in [0.4, 0.5) is 4.79 Å². The topological polar surface area (TPSA) is 70.5 Å². The van der Waals surface area contributed by atoms with E-state index in [9.17, 15) is 9.59 Å².